The van der Waals surface area contributed by atoms with Crippen LogP contribution < -0.4 is 0 Å². The van der Waals surface area contributed by atoms with Gasteiger partial charge in [0.25, 0.3) is 0 Å². The van der Waals surface area contributed by atoms with Gasteiger partial charge in [0.05, 0.1) is 12.0 Å². The molecule has 3 nitrogen and oxygen atoms in total. The number of carbonyl (C=O) groups is 1. The fourth-order valence-electron chi connectivity index (χ4n) is 2.34. The smallest absolute Gasteiger partial charge is 0.144 e. The molecule has 3 heteroatoms. The third-order valence-electron chi connectivity index (χ3n) is 3.77. The summed E-state index contributed by atoms with van der Waals surface area (Å²) in [5, 5.41) is 9.18. The first-order valence-electron chi connectivity index (χ1n) is 5.52. The summed E-state index contributed by atoms with van der Waals surface area (Å²) in [6.45, 7) is 2.12. The summed E-state index contributed by atoms with van der Waals surface area (Å²) in [4.78, 5) is 14.3. The zero-order chi connectivity index (χ0) is 10.2. The number of ketones is 1. The van der Waals surface area contributed by atoms with Gasteiger partial charge < -0.3 is 10.0 Å². The molecule has 1 saturated heterocycles. The normalized spacial score (nSPS) is 27.6. The summed E-state index contributed by atoms with van der Waals surface area (Å²) >= 11 is 0. The number of aliphatic hydroxyl groups is 1. The molecule has 2 fully saturated rings. The van der Waals surface area contributed by atoms with E-state index in [4.69, 9.17) is 0 Å². The Morgan fingerprint density at radius 3 is 2.43 bits per heavy atom. The maximum atomic E-state index is 12.0. The number of carbonyl (C=O) groups excluding carboxylic acids is 1. The lowest BCUT2D eigenvalue weighted by Crippen LogP contribution is -2.37. The van der Waals surface area contributed by atoms with Gasteiger partial charge in [0, 0.05) is 5.92 Å². The molecule has 0 aromatic rings. The molecule has 1 saturated carbocycles. The fraction of sp³-hybridized carbons (Fsp3) is 0.909. The molecule has 0 radical (unpaired) electrons. The predicted octanol–water partition coefficient (Wildman–Crippen LogP) is 0.670. The molecule has 0 atom stereocenters. The molecule has 0 unspecified atom stereocenters. The minimum Gasteiger partial charge on any atom is -0.395 e. The van der Waals surface area contributed by atoms with E-state index in [1.807, 2.05) is 0 Å². The Morgan fingerprint density at radius 2 is 2.00 bits per heavy atom. The average molecular weight is 197 g/mol. The summed E-state index contributed by atoms with van der Waals surface area (Å²) < 4.78 is 0. The van der Waals surface area contributed by atoms with Crippen LogP contribution in [0.15, 0.2) is 0 Å². The van der Waals surface area contributed by atoms with Gasteiger partial charge in [-0.3, -0.25) is 4.79 Å². The minimum absolute atomic E-state index is 0.0676. The molecule has 0 spiro atoms. The third-order valence-corrected chi connectivity index (χ3v) is 3.77. The van der Waals surface area contributed by atoms with Gasteiger partial charge in [0.15, 0.2) is 0 Å². The number of Topliss-reactive ketones (excluding diaryl/α,β-unsaturated/α-hetero) is 1. The Kier molecular flexibility index (Phi) is 2.62. The number of hydrogen-bond acceptors (Lipinski definition) is 3. The SMILES string of the molecule is CN1CCC(C(=O)C2(CO)CC2)CC1. The Bertz CT molecular complexity index is 227. The molecule has 2 aliphatic rings. The first-order valence-corrected chi connectivity index (χ1v) is 5.52. The standard InChI is InChI=1S/C11H19NO2/c1-12-6-2-9(3-7-12)10(14)11(8-13)4-5-11/h9,13H,2-8H2,1H3. The van der Waals surface area contributed by atoms with E-state index in [1.165, 1.54) is 0 Å². The summed E-state index contributed by atoms with van der Waals surface area (Å²) in [5.74, 6) is 0.564. The van der Waals surface area contributed by atoms with Crippen LogP contribution in [-0.4, -0.2) is 42.5 Å². The van der Waals surface area contributed by atoms with E-state index < -0.39 is 0 Å². The molecule has 14 heavy (non-hydrogen) atoms. The number of rotatable bonds is 3. The second-order valence-corrected chi connectivity index (χ2v) is 4.88. The molecule has 1 N–H and O–H groups in total. The Morgan fingerprint density at radius 1 is 1.43 bits per heavy atom. The number of piperidine rings is 1. The minimum atomic E-state index is -0.305. The van der Waals surface area contributed by atoms with Crippen LogP contribution in [0.4, 0.5) is 0 Å². The van der Waals surface area contributed by atoms with Gasteiger partial charge in [-0.25, -0.2) is 0 Å². The highest BCUT2D eigenvalue weighted by atomic mass is 16.3. The van der Waals surface area contributed by atoms with Crippen LogP contribution in [0, 0.1) is 11.3 Å². The van der Waals surface area contributed by atoms with Crippen molar-refractivity contribution in [3.63, 3.8) is 0 Å². The van der Waals surface area contributed by atoms with Gasteiger partial charge in [0.2, 0.25) is 0 Å². The number of likely N-dealkylation sites (tertiary alicyclic amines) is 1. The maximum absolute atomic E-state index is 12.0. The maximum Gasteiger partial charge on any atom is 0.144 e. The Labute approximate surface area is 85.1 Å². The van der Waals surface area contributed by atoms with Crippen LogP contribution in [0.3, 0.4) is 0 Å². The lowest BCUT2D eigenvalue weighted by Gasteiger charge is -2.29. The van der Waals surface area contributed by atoms with Crippen LogP contribution in [0.2, 0.25) is 0 Å². The van der Waals surface area contributed by atoms with Gasteiger partial charge >= 0.3 is 0 Å². The average Bonchev–Trinajstić information content (AvgIpc) is 2.99. The third kappa shape index (κ3) is 1.71. The zero-order valence-corrected chi connectivity index (χ0v) is 8.83. The van der Waals surface area contributed by atoms with Crippen molar-refractivity contribution in [3.05, 3.63) is 0 Å². The van der Waals surface area contributed by atoms with Crippen LogP contribution in [-0.2, 0) is 4.79 Å². The fourth-order valence-corrected chi connectivity index (χ4v) is 2.34. The Hall–Kier alpha value is -0.410. The van der Waals surface area contributed by atoms with E-state index in [0.29, 0.717) is 5.78 Å². The molecule has 80 valence electrons. The molecule has 1 aliphatic heterocycles. The first kappa shape index (κ1) is 10.1. The van der Waals surface area contributed by atoms with E-state index in [0.717, 1.165) is 38.8 Å². The first-order chi connectivity index (χ1) is 6.68. The molecule has 0 aromatic carbocycles. The number of nitrogens with zero attached hydrogens (tertiary/aromatic N) is 1. The van der Waals surface area contributed by atoms with E-state index in [9.17, 15) is 9.90 Å². The van der Waals surface area contributed by atoms with Crippen molar-refractivity contribution in [2.45, 2.75) is 25.7 Å². The largest absolute Gasteiger partial charge is 0.395 e. The summed E-state index contributed by atoms with van der Waals surface area (Å²) in [7, 11) is 2.10. The molecule has 1 heterocycles. The molecule has 0 bridgehead atoms. The van der Waals surface area contributed by atoms with E-state index in [-0.39, 0.29) is 17.9 Å². The molecular formula is C11H19NO2. The number of aliphatic hydroxyl groups excluding tert-OH is 1. The summed E-state index contributed by atoms with van der Waals surface area (Å²) in [5.41, 5.74) is -0.305. The quantitative estimate of drug-likeness (QED) is 0.723. The highest BCUT2D eigenvalue weighted by Crippen LogP contribution is 2.48. The van der Waals surface area contributed by atoms with Gasteiger partial charge in [-0.2, -0.15) is 0 Å². The second-order valence-electron chi connectivity index (χ2n) is 4.88. The van der Waals surface area contributed by atoms with Crippen molar-refractivity contribution in [1.29, 1.82) is 0 Å². The van der Waals surface area contributed by atoms with Crippen LogP contribution in [0.1, 0.15) is 25.7 Å². The van der Waals surface area contributed by atoms with Crippen molar-refractivity contribution in [3.8, 4) is 0 Å². The van der Waals surface area contributed by atoms with E-state index >= 15 is 0 Å². The van der Waals surface area contributed by atoms with Gasteiger partial charge in [-0.1, -0.05) is 0 Å². The summed E-state index contributed by atoms with van der Waals surface area (Å²) in [6, 6.07) is 0. The van der Waals surface area contributed by atoms with Crippen molar-refractivity contribution >= 4 is 5.78 Å². The van der Waals surface area contributed by atoms with Crippen LogP contribution in [0.25, 0.3) is 0 Å². The van der Waals surface area contributed by atoms with E-state index in [2.05, 4.69) is 11.9 Å². The molecule has 0 aromatic heterocycles. The van der Waals surface area contributed by atoms with Gasteiger partial charge in [-0.05, 0) is 45.8 Å². The lowest BCUT2D eigenvalue weighted by molar-refractivity contribution is -0.131. The predicted molar refractivity (Wildman–Crippen MR) is 54.0 cm³/mol. The lowest BCUT2D eigenvalue weighted by atomic mass is 9.84. The Balaban J connectivity index is 1.92. The van der Waals surface area contributed by atoms with Crippen molar-refractivity contribution < 1.29 is 9.90 Å². The second kappa shape index (κ2) is 3.63. The van der Waals surface area contributed by atoms with Crippen LogP contribution in [0.5, 0.6) is 0 Å². The van der Waals surface area contributed by atoms with Crippen molar-refractivity contribution in [1.82, 2.24) is 4.90 Å². The highest BCUT2D eigenvalue weighted by Gasteiger charge is 2.51. The van der Waals surface area contributed by atoms with Gasteiger partial charge in [0.1, 0.15) is 5.78 Å². The molecule has 0 amide bonds. The van der Waals surface area contributed by atoms with Crippen molar-refractivity contribution in [2.24, 2.45) is 11.3 Å². The number of hydrogen-bond donors (Lipinski definition) is 1. The monoisotopic (exact) mass is 197 g/mol. The molecule has 2 rings (SSSR count). The zero-order valence-electron chi connectivity index (χ0n) is 8.83. The molecule has 1 aliphatic carbocycles. The molecular weight excluding hydrogens is 178 g/mol. The van der Waals surface area contributed by atoms with Crippen molar-refractivity contribution in [2.75, 3.05) is 26.7 Å². The van der Waals surface area contributed by atoms with E-state index in [1.54, 1.807) is 0 Å². The highest BCUT2D eigenvalue weighted by molar-refractivity contribution is 5.89. The topological polar surface area (TPSA) is 40.5 Å². The summed E-state index contributed by atoms with van der Waals surface area (Å²) in [6.07, 6.45) is 3.79. The van der Waals surface area contributed by atoms with Crippen LogP contribution >= 0.6 is 0 Å². The van der Waals surface area contributed by atoms with Gasteiger partial charge in [-0.15, -0.1) is 0 Å².